The molecule has 4 nitrogen and oxygen atoms in total. The summed E-state index contributed by atoms with van der Waals surface area (Å²) in [6.45, 7) is 2.01. The summed E-state index contributed by atoms with van der Waals surface area (Å²) in [5, 5.41) is 11.2. The predicted octanol–water partition coefficient (Wildman–Crippen LogP) is 4.83. The summed E-state index contributed by atoms with van der Waals surface area (Å²) in [6.07, 6.45) is 0.334. The van der Waals surface area contributed by atoms with E-state index in [2.05, 4.69) is 15.5 Å². The Morgan fingerprint density at radius 2 is 2.17 bits per heavy atom. The highest BCUT2D eigenvalue weighted by molar-refractivity contribution is 8.01. The van der Waals surface area contributed by atoms with Crippen LogP contribution in [0.15, 0.2) is 57.2 Å². The average Bonchev–Trinajstić information content (AvgIpc) is 3.03. The summed E-state index contributed by atoms with van der Waals surface area (Å²) in [7, 11) is 0. The molecule has 0 aliphatic carbocycles. The van der Waals surface area contributed by atoms with Crippen molar-refractivity contribution in [1.29, 1.82) is 0 Å². The van der Waals surface area contributed by atoms with Crippen molar-refractivity contribution >= 4 is 46.3 Å². The summed E-state index contributed by atoms with van der Waals surface area (Å²) in [5.41, 5.74) is 4.48. The topological polar surface area (TPSA) is 54.9 Å². The van der Waals surface area contributed by atoms with Crippen LogP contribution < -0.4 is 5.32 Å². The van der Waals surface area contributed by atoms with Crippen LogP contribution in [0.2, 0.25) is 5.02 Å². The van der Waals surface area contributed by atoms with Gasteiger partial charge in [-0.2, -0.15) is 0 Å². The minimum Gasteiger partial charge on any atom is -0.326 e. The van der Waals surface area contributed by atoms with E-state index in [4.69, 9.17) is 11.6 Å². The van der Waals surface area contributed by atoms with Crippen LogP contribution in [0.4, 0.5) is 5.69 Å². The Kier molecular flexibility index (Phi) is 5.50. The van der Waals surface area contributed by atoms with E-state index in [0.717, 1.165) is 20.4 Å². The fraction of sp³-hybridized carbons (Fsp3) is 0.118. The molecule has 0 radical (unpaired) electrons. The standard InChI is InChI=1S/C17H14ClN3OS2/c1-11-3-2-4-12(7-11)8-16(22)20-13-5-6-15(14(18)9-13)24-17-21-19-10-23-17/h2-7,9-10H,8H2,1H3,(H,20,22). The Morgan fingerprint density at radius 1 is 1.29 bits per heavy atom. The lowest BCUT2D eigenvalue weighted by Gasteiger charge is -2.08. The Bertz CT molecular complexity index is 853. The lowest BCUT2D eigenvalue weighted by molar-refractivity contribution is -0.115. The first-order valence-corrected chi connectivity index (χ1v) is 9.26. The molecule has 1 heterocycles. The van der Waals surface area contributed by atoms with Gasteiger partial charge in [0, 0.05) is 10.6 Å². The molecule has 0 aliphatic heterocycles. The van der Waals surface area contributed by atoms with Crippen LogP contribution >= 0.6 is 34.7 Å². The number of nitrogens with zero attached hydrogens (tertiary/aromatic N) is 2. The molecule has 0 bridgehead atoms. The molecule has 0 unspecified atom stereocenters. The number of amides is 1. The number of anilines is 1. The zero-order valence-electron chi connectivity index (χ0n) is 12.8. The number of carbonyl (C=O) groups excluding carboxylic acids is 1. The van der Waals surface area contributed by atoms with Crippen molar-refractivity contribution in [1.82, 2.24) is 10.2 Å². The van der Waals surface area contributed by atoms with Gasteiger partial charge in [-0.05, 0) is 30.7 Å². The summed E-state index contributed by atoms with van der Waals surface area (Å²) < 4.78 is 0.827. The number of aryl methyl sites for hydroxylation is 1. The number of rotatable bonds is 5. The molecule has 3 aromatic rings. The van der Waals surface area contributed by atoms with Gasteiger partial charge in [0.1, 0.15) is 5.51 Å². The smallest absolute Gasteiger partial charge is 0.228 e. The molecule has 0 aliphatic rings. The lowest BCUT2D eigenvalue weighted by Crippen LogP contribution is -2.14. The fourth-order valence-electron chi connectivity index (χ4n) is 2.18. The molecule has 0 atom stereocenters. The summed E-state index contributed by atoms with van der Waals surface area (Å²) >= 11 is 9.20. The molecule has 3 rings (SSSR count). The Morgan fingerprint density at radius 3 is 2.88 bits per heavy atom. The van der Waals surface area contributed by atoms with Gasteiger partial charge in [-0.1, -0.05) is 64.5 Å². The number of aromatic nitrogens is 2. The summed E-state index contributed by atoms with van der Waals surface area (Å²) in [5.74, 6) is -0.0683. The van der Waals surface area contributed by atoms with E-state index < -0.39 is 0 Å². The van der Waals surface area contributed by atoms with E-state index in [1.165, 1.54) is 23.1 Å². The van der Waals surface area contributed by atoms with E-state index in [-0.39, 0.29) is 5.91 Å². The van der Waals surface area contributed by atoms with Gasteiger partial charge in [0.05, 0.1) is 11.4 Å². The molecule has 122 valence electrons. The van der Waals surface area contributed by atoms with Crippen molar-refractivity contribution in [2.45, 2.75) is 22.6 Å². The van der Waals surface area contributed by atoms with E-state index in [9.17, 15) is 4.79 Å². The van der Waals surface area contributed by atoms with Crippen LogP contribution in [-0.2, 0) is 11.2 Å². The molecule has 24 heavy (non-hydrogen) atoms. The van der Waals surface area contributed by atoms with Crippen molar-refractivity contribution in [3.63, 3.8) is 0 Å². The normalized spacial score (nSPS) is 10.6. The van der Waals surface area contributed by atoms with E-state index in [0.29, 0.717) is 17.1 Å². The zero-order valence-corrected chi connectivity index (χ0v) is 15.2. The maximum absolute atomic E-state index is 12.2. The van der Waals surface area contributed by atoms with Crippen molar-refractivity contribution in [2.24, 2.45) is 0 Å². The molecule has 0 saturated carbocycles. The van der Waals surface area contributed by atoms with Crippen LogP contribution in [0.25, 0.3) is 0 Å². The minimum atomic E-state index is -0.0683. The third-order valence-electron chi connectivity index (χ3n) is 3.20. The molecular weight excluding hydrogens is 362 g/mol. The molecule has 0 saturated heterocycles. The second-order valence-corrected chi connectivity index (χ2v) is 7.70. The first kappa shape index (κ1) is 17.0. The summed E-state index contributed by atoms with van der Waals surface area (Å²) in [6, 6.07) is 13.4. The van der Waals surface area contributed by atoms with Crippen LogP contribution in [0.1, 0.15) is 11.1 Å². The van der Waals surface area contributed by atoms with Crippen LogP contribution in [0.3, 0.4) is 0 Å². The third-order valence-corrected chi connectivity index (χ3v) is 5.48. The van der Waals surface area contributed by atoms with Crippen molar-refractivity contribution in [3.8, 4) is 0 Å². The number of benzene rings is 2. The zero-order chi connectivity index (χ0) is 16.9. The quantitative estimate of drug-likeness (QED) is 0.693. The monoisotopic (exact) mass is 375 g/mol. The molecule has 7 heteroatoms. The van der Waals surface area contributed by atoms with Gasteiger partial charge in [-0.25, -0.2) is 0 Å². The first-order valence-electron chi connectivity index (χ1n) is 7.19. The van der Waals surface area contributed by atoms with Gasteiger partial charge in [0.15, 0.2) is 4.34 Å². The van der Waals surface area contributed by atoms with Crippen molar-refractivity contribution in [3.05, 3.63) is 64.1 Å². The number of halogens is 1. The maximum atomic E-state index is 12.2. The molecule has 0 fully saturated rings. The Hall–Kier alpha value is -1.89. The van der Waals surface area contributed by atoms with Crippen molar-refractivity contribution in [2.75, 3.05) is 5.32 Å². The fourth-order valence-corrected chi connectivity index (χ4v) is 3.91. The average molecular weight is 376 g/mol. The largest absolute Gasteiger partial charge is 0.326 e. The number of hydrogen-bond acceptors (Lipinski definition) is 5. The number of carbonyl (C=O) groups is 1. The molecule has 1 aromatic heterocycles. The highest BCUT2D eigenvalue weighted by Gasteiger charge is 2.09. The molecule has 0 spiro atoms. The maximum Gasteiger partial charge on any atom is 0.228 e. The van der Waals surface area contributed by atoms with Crippen molar-refractivity contribution < 1.29 is 4.79 Å². The highest BCUT2D eigenvalue weighted by Crippen LogP contribution is 2.35. The number of hydrogen-bond donors (Lipinski definition) is 1. The van der Waals surface area contributed by atoms with E-state index in [1.54, 1.807) is 11.6 Å². The first-order chi connectivity index (χ1) is 11.6. The van der Waals surface area contributed by atoms with Gasteiger partial charge in [-0.15, -0.1) is 10.2 Å². The minimum absolute atomic E-state index is 0.0683. The van der Waals surface area contributed by atoms with Gasteiger partial charge in [0.2, 0.25) is 5.91 Å². The Balaban J connectivity index is 1.64. The van der Waals surface area contributed by atoms with Gasteiger partial charge in [0.25, 0.3) is 0 Å². The summed E-state index contributed by atoms with van der Waals surface area (Å²) in [4.78, 5) is 13.0. The van der Waals surface area contributed by atoms with Crippen LogP contribution in [0, 0.1) is 6.92 Å². The molecule has 2 aromatic carbocycles. The molecular formula is C17H14ClN3OS2. The second kappa shape index (κ2) is 7.79. The van der Waals surface area contributed by atoms with E-state index in [1.807, 2.05) is 43.3 Å². The SMILES string of the molecule is Cc1cccc(CC(=O)Nc2ccc(Sc3nncs3)c(Cl)c2)c1. The van der Waals surface area contributed by atoms with Crippen LogP contribution in [-0.4, -0.2) is 16.1 Å². The van der Waals surface area contributed by atoms with E-state index >= 15 is 0 Å². The lowest BCUT2D eigenvalue weighted by atomic mass is 10.1. The molecule has 1 N–H and O–H groups in total. The van der Waals surface area contributed by atoms with Gasteiger partial charge >= 0.3 is 0 Å². The third kappa shape index (κ3) is 4.56. The second-order valence-electron chi connectivity index (χ2n) is 5.17. The Labute approximate surface area is 153 Å². The number of nitrogens with one attached hydrogen (secondary N) is 1. The van der Waals surface area contributed by atoms with Crippen LogP contribution in [0.5, 0.6) is 0 Å². The predicted molar refractivity (Wildman–Crippen MR) is 99.0 cm³/mol. The highest BCUT2D eigenvalue weighted by atomic mass is 35.5. The molecule has 1 amide bonds. The van der Waals surface area contributed by atoms with Gasteiger partial charge < -0.3 is 5.32 Å². The van der Waals surface area contributed by atoms with Gasteiger partial charge in [-0.3, -0.25) is 4.79 Å².